The Hall–Kier alpha value is -2.44. The number of nitrogens with zero attached hydrogens (tertiary/aromatic N) is 2. The first kappa shape index (κ1) is 21.3. The molecule has 154 valence electrons. The maximum Gasteiger partial charge on any atom is 0.234 e. The second-order valence-corrected chi connectivity index (χ2v) is 7.62. The lowest BCUT2D eigenvalue weighted by Gasteiger charge is -2.34. The molecule has 0 aromatic heterocycles. The zero-order chi connectivity index (χ0) is 20.6. The molecule has 1 saturated heterocycles. The number of amides is 2. The van der Waals surface area contributed by atoms with E-state index in [0.29, 0.717) is 44.3 Å². The van der Waals surface area contributed by atoms with E-state index in [-0.39, 0.29) is 24.1 Å². The SMILES string of the molecule is O=C(CN1CCN(C(=O)Cc2ccc(F)cc2)CC1)NCCc1ccc(Cl)cc1. The molecule has 29 heavy (non-hydrogen) atoms. The van der Waals surface area contributed by atoms with Crippen molar-refractivity contribution in [1.29, 1.82) is 0 Å². The van der Waals surface area contributed by atoms with Gasteiger partial charge in [-0.15, -0.1) is 0 Å². The van der Waals surface area contributed by atoms with Crippen molar-refractivity contribution < 1.29 is 14.0 Å². The number of carbonyl (C=O) groups excluding carboxylic acids is 2. The van der Waals surface area contributed by atoms with Gasteiger partial charge < -0.3 is 10.2 Å². The highest BCUT2D eigenvalue weighted by atomic mass is 35.5. The smallest absolute Gasteiger partial charge is 0.234 e. The summed E-state index contributed by atoms with van der Waals surface area (Å²) in [5.41, 5.74) is 1.93. The van der Waals surface area contributed by atoms with Gasteiger partial charge in [0.15, 0.2) is 0 Å². The second-order valence-electron chi connectivity index (χ2n) is 7.19. The van der Waals surface area contributed by atoms with Gasteiger partial charge in [0, 0.05) is 37.7 Å². The number of carbonyl (C=O) groups is 2. The van der Waals surface area contributed by atoms with Crippen molar-refractivity contribution in [3.8, 4) is 0 Å². The monoisotopic (exact) mass is 417 g/mol. The van der Waals surface area contributed by atoms with Gasteiger partial charge in [0.25, 0.3) is 0 Å². The number of rotatable bonds is 7. The summed E-state index contributed by atoms with van der Waals surface area (Å²) in [7, 11) is 0. The highest BCUT2D eigenvalue weighted by Crippen LogP contribution is 2.10. The molecule has 1 N–H and O–H groups in total. The molecule has 2 aromatic carbocycles. The zero-order valence-electron chi connectivity index (χ0n) is 16.2. The Balaban J connectivity index is 1.34. The van der Waals surface area contributed by atoms with Crippen molar-refractivity contribution in [2.75, 3.05) is 39.3 Å². The van der Waals surface area contributed by atoms with E-state index in [1.807, 2.05) is 24.3 Å². The molecule has 2 aromatic rings. The Bertz CT molecular complexity index is 819. The summed E-state index contributed by atoms with van der Waals surface area (Å²) in [6.07, 6.45) is 1.03. The Labute approximate surface area is 175 Å². The summed E-state index contributed by atoms with van der Waals surface area (Å²) in [6.45, 7) is 3.44. The molecule has 5 nitrogen and oxygen atoms in total. The van der Waals surface area contributed by atoms with Crippen LogP contribution in [0, 0.1) is 5.82 Å². The van der Waals surface area contributed by atoms with Crippen LogP contribution in [0.25, 0.3) is 0 Å². The molecule has 2 amide bonds. The lowest BCUT2D eigenvalue weighted by molar-refractivity contribution is -0.132. The Kier molecular flexibility index (Phi) is 7.61. The summed E-state index contributed by atoms with van der Waals surface area (Å²) in [4.78, 5) is 28.4. The fourth-order valence-corrected chi connectivity index (χ4v) is 3.43. The molecular formula is C22H25ClFN3O2. The third-order valence-electron chi connectivity index (χ3n) is 5.01. The number of nitrogens with one attached hydrogen (secondary N) is 1. The van der Waals surface area contributed by atoms with Crippen LogP contribution in [0.4, 0.5) is 4.39 Å². The van der Waals surface area contributed by atoms with E-state index >= 15 is 0 Å². The molecular weight excluding hydrogens is 393 g/mol. The lowest BCUT2D eigenvalue weighted by atomic mass is 10.1. The van der Waals surface area contributed by atoms with E-state index < -0.39 is 0 Å². The average Bonchev–Trinajstić information content (AvgIpc) is 2.72. The van der Waals surface area contributed by atoms with Crippen LogP contribution >= 0.6 is 11.6 Å². The minimum atomic E-state index is -0.304. The molecule has 0 aliphatic carbocycles. The van der Waals surface area contributed by atoms with Crippen LogP contribution in [0.15, 0.2) is 48.5 Å². The maximum absolute atomic E-state index is 13.0. The van der Waals surface area contributed by atoms with Gasteiger partial charge in [-0.3, -0.25) is 14.5 Å². The first-order chi connectivity index (χ1) is 14.0. The molecule has 0 spiro atoms. The van der Waals surface area contributed by atoms with Crippen molar-refractivity contribution in [2.24, 2.45) is 0 Å². The molecule has 0 unspecified atom stereocenters. The molecule has 0 atom stereocenters. The molecule has 1 aliphatic rings. The number of piperazine rings is 1. The maximum atomic E-state index is 13.0. The van der Waals surface area contributed by atoms with Gasteiger partial charge >= 0.3 is 0 Å². The molecule has 1 fully saturated rings. The molecule has 1 heterocycles. The topological polar surface area (TPSA) is 52.7 Å². The highest BCUT2D eigenvalue weighted by Gasteiger charge is 2.22. The Morgan fingerprint density at radius 3 is 2.21 bits per heavy atom. The van der Waals surface area contributed by atoms with E-state index in [1.54, 1.807) is 17.0 Å². The van der Waals surface area contributed by atoms with Gasteiger partial charge in [-0.25, -0.2) is 4.39 Å². The molecule has 3 rings (SSSR count). The highest BCUT2D eigenvalue weighted by molar-refractivity contribution is 6.30. The Morgan fingerprint density at radius 1 is 0.931 bits per heavy atom. The normalized spacial score (nSPS) is 14.6. The molecule has 0 bridgehead atoms. The van der Waals surface area contributed by atoms with E-state index in [2.05, 4.69) is 10.2 Å². The predicted molar refractivity (Wildman–Crippen MR) is 111 cm³/mol. The van der Waals surface area contributed by atoms with Gasteiger partial charge in [0.05, 0.1) is 13.0 Å². The quantitative estimate of drug-likeness (QED) is 0.753. The van der Waals surface area contributed by atoms with Crippen LogP contribution in [0.1, 0.15) is 11.1 Å². The number of benzene rings is 2. The third-order valence-corrected chi connectivity index (χ3v) is 5.26. The molecule has 0 radical (unpaired) electrons. The minimum absolute atomic E-state index is 0.00921. The first-order valence-corrected chi connectivity index (χ1v) is 10.1. The molecule has 7 heteroatoms. The fraction of sp³-hybridized carbons (Fsp3) is 0.364. The molecule has 1 aliphatic heterocycles. The van der Waals surface area contributed by atoms with Crippen LogP contribution in [-0.2, 0) is 22.4 Å². The molecule has 0 saturated carbocycles. The van der Waals surface area contributed by atoms with Gasteiger partial charge in [0.2, 0.25) is 11.8 Å². The summed E-state index contributed by atoms with van der Waals surface area (Å²) in [5, 5.41) is 3.64. The number of hydrogen-bond acceptors (Lipinski definition) is 3. The van der Waals surface area contributed by atoms with Crippen molar-refractivity contribution in [3.05, 3.63) is 70.5 Å². The summed E-state index contributed by atoms with van der Waals surface area (Å²) >= 11 is 5.87. The van der Waals surface area contributed by atoms with Crippen LogP contribution in [0.2, 0.25) is 5.02 Å². The van der Waals surface area contributed by atoms with E-state index in [4.69, 9.17) is 11.6 Å². The van der Waals surface area contributed by atoms with Gasteiger partial charge in [-0.05, 0) is 41.8 Å². The van der Waals surface area contributed by atoms with Gasteiger partial charge in [-0.2, -0.15) is 0 Å². The summed E-state index contributed by atoms with van der Waals surface area (Å²) in [6, 6.07) is 13.6. The second kappa shape index (κ2) is 10.4. The van der Waals surface area contributed by atoms with E-state index in [0.717, 1.165) is 17.5 Å². The third kappa shape index (κ3) is 6.84. The Morgan fingerprint density at radius 2 is 1.55 bits per heavy atom. The lowest BCUT2D eigenvalue weighted by Crippen LogP contribution is -2.51. The van der Waals surface area contributed by atoms with Crippen LogP contribution in [0.3, 0.4) is 0 Å². The largest absolute Gasteiger partial charge is 0.355 e. The van der Waals surface area contributed by atoms with Crippen LogP contribution in [0.5, 0.6) is 0 Å². The minimum Gasteiger partial charge on any atom is -0.355 e. The van der Waals surface area contributed by atoms with Crippen molar-refractivity contribution in [3.63, 3.8) is 0 Å². The van der Waals surface area contributed by atoms with E-state index in [9.17, 15) is 14.0 Å². The summed E-state index contributed by atoms with van der Waals surface area (Å²) < 4.78 is 13.0. The fourth-order valence-electron chi connectivity index (χ4n) is 3.30. The standard InChI is InChI=1S/C22H25ClFN3O2/c23-19-5-1-17(2-6-19)9-10-25-21(28)16-26-11-13-27(14-12-26)22(29)15-18-3-7-20(24)8-4-18/h1-8H,9-16H2,(H,25,28). The van der Waals surface area contributed by atoms with Crippen molar-refractivity contribution in [2.45, 2.75) is 12.8 Å². The van der Waals surface area contributed by atoms with Crippen LogP contribution < -0.4 is 5.32 Å². The van der Waals surface area contributed by atoms with E-state index in [1.165, 1.54) is 12.1 Å². The first-order valence-electron chi connectivity index (χ1n) is 9.75. The zero-order valence-corrected chi connectivity index (χ0v) is 17.0. The van der Waals surface area contributed by atoms with Crippen molar-refractivity contribution >= 4 is 23.4 Å². The van der Waals surface area contributed by atoms with Crippen molar-refractivity contribution in [1.82, 2.24) is 15.1 Å². The average molecular weight is 418 g/mol. The number of halogens is 2. The number of hydrogen-bond donors (Lipinski definition) is 1. The summed E-state index contributed by atoms with van der Waals surface area (Å²) in [5.74, 6) is -0.282. The van der Waals surface area contributed by atoms with Crippen LogP contribution in [-0.4, -0.2) is 60.9 Å². The predicted octanol–water partition coefficient (Wildman–Crippen LogP) is 2.52. The van der Waals surface area contributed by atoms with Gasteiger partial charge in [0.1, 0.15) is 5.82 Å². The van der Waals surface area contributed by atoms with Gasteiger partial charge in [-0.1, -0.05) is 35.9 Å².